The number of hydrogen-bond donors (Lipinski definition) is 2. The first kappa shape index (κ1) is 12.9. The Hall–Kier alpha value is -2.82. The number of anilines is 1. The molecule has 0 aliphatic heterocycles. The molecule has 0 unspecified atom stereocenters. The third-order valence-corrected chi connectivity index (χ3v) is 4.00. The molecule has 5 nitrogen and oxygen atoms in total. The Balaban J connectivity index is 1.96. The summed E-state index contributed by atoms with van der Waals surface area (Å²) in [5.74, 6) is -0.588. The van der Waals surface area contributed by atoms with E-state index in [1.54, 1.807) is 12.1 Å². The molecule has 5 heteroatoms. The molecular formula is C17H14N2O3. The van der Waals surface area contributed by atoms with Crippen molar-refractivity contribution in [2.75, 3.05) is 5.32 Å². The van der Waals surface area contributed by atoms with Crippen LogP contribution in [0.3, 0.4) is 0 Å². The molecule has 3 N–H and O–H groups in total. The summed E-state index contributed by atoms with van der Waals surface area (Å²) >= 11 is 0. The Kier molecular flexibility index (Phi) is 2.69. The van der Waals surface area contributed by atoms with E-state index in [1.807, 2.05) is 24.3 Å². The SMILES string of the molecule is NC(=O)c1c(NC(=O)C2CC2)ccc2oc3ccccc3c12. The van der Waals surface area contributed by atoms with Crippen LogP contribution in [0.25, 0.3) is 21.9 Å². The Labute approximate surface area is 126 Å². The zero-order chi connectivity index (χ0) is 15.3. The second-order valence-electron chi connectivity index (χ2n) is 5.59. The number of carbonyl (C=O) groups is 2. The maximum absolute atomic E-state index is 12.0. The van der Waals surface area contributed by atoms with Crippen LogP contribution in [0.2, 0.25) is 0 Å². The Morgan fingerprint density at radius 3 is 2.59 bits per heavy atom. The molecule has 0 saturated heterocycles. The molecule has 1 heterocycles. The van der Waals surface area contributed by atoms with Crippen molar-refractivity contribution in [2.45, 2.75) is 12.8 Å². The first-order valence-electron chi connectivity index (χ1n) is 7.20. The predicted octanol–water partition coefficient (Wildman–Crippen LogP) is 3.03. The number of nitrogens with two attached hydrogens (primary N) is 1. The van der Waals surface area contributed by atoms with E-state index in [2.05, 4.69) is 5.32 Å². The molecular weight excluding hydrogens is 280 g/mol. The molecule has 1 aliphatic rings. The van der Waals surface area contributed by atoms with Crippen LogP contribution >= 0.6 is 0 Å². The lowest BCUT2D eigenvalue weighted by molar-refractivity contribution is -0.117. The quantitative estimate of drug-likeness (QED) is 0.778. The number of para-hydroxylation sites is 1. The van der Waals surface area contributed by atoms with Crippen molar-refractivity contribution in [1.29, 1.82) is 0 Å². The fraction of sp³-hybridized carbons (Fsp3) is 0.176. The highest BCUT2D eigenvalue weighted by Gasteiger charge is 2.30. The van der Waals surface area contributed by atoms with Gasteiger partial charge in [-0.3, -0.25) is 9.59 Å². The summed E-state index contributed by atoms with van der Waals surface area (Å²) in [5.41, 5.74) is 7.58. The van der Waals surface area contributed by atoms with Gasteiger partial charge >= 0.3 is 0 Å². The number of nitrogens with one attached hydrogen (secondary N) is 1. The molecule has 1 fully saturated rings. The van der Waals surface area contributed by atoms with Crippen molar-refractivity contribution in [2.24, 2.45) is 11.7 Å². The summed E-state index contributed by atoms with van der Waals surface area (Å²) < 4.78 is 5.74. The van der Waals surface area contributed by atoms with Gasteiger partial charge in [-0.05, 0) is 31.0 Å². The van der Waals surface area contributed by atoms with Crippen LogP contribution in [0.15, 0.2) is 40.8 Å². The minimum atomic E-state index is -0.580. The molecule has 1 aromatic heterocycles. The molecule has 3 aromatic rings. The predicted molar refractivity (Wildman–Crippen MR) is 83.6 cm³/mol. The van der Waals surface area contributed by atoms with Gasteiger partial charge in [-0.15, -0.1) is 0 Å². The number of primary amides is 1. The van der Waals surface area contributed by atoms with E-state index in [1.165, 1.54) is 0 Å². The Morgan fingerprint density at radius 1 is 1.09 bits per heavy atom. The minimum absolute atomic E-state index is 0.0533. The average molecular weight is 294 g/mol. The lowest BCUT2D eigenvalue weighted by Gasteiger charge is -2.09. The van der Waals surface area contributed by atoms with Crippen LogP contribution in [0.5, 0.6) is 0 Å². The third-order valence-electron chi connectivity index (χ3n) is 4.00. The average Bonchev–Trinajstić information content (AvgIpc) is 3.28. The zero-order valence-electron chi connectivity index (χ0n) is 11.8. The summed E-state index contributed by atoms with van der Waals surface area (Å²) in [6.07, 6.45) is 1.79. The second-order valence-corrected chi connectivity index (χ2v) is 5.59. The second kappa shape index (κ2) is 4.59. The van der Waals surface area contributed by atoms with Crippen LogP contribution in [0.4, 0.5) is 5.69 Å². The molecule has 0 radical (unpaired) electrons. The van der Waals surface area contributed by atoms with Gasteiger partial charge in [0.25, 0.3) is 5.91 Å². The highest BCUT2D eigenvalue weighted by molar-refractivity contribution is 6.20. The lowest BCUT2D eigenvalue weighted by atomic mass is 10.0. The third kappa shape index (κ3) is 1.94. The summed E-state index contributed by atoms with van der Waals surface area (Å²) in [5, 5.41) is 4.28. The van der Waals surface area contributed by atoms with Gasteiger partial charge in [0.2, 0.25) is 5.91 Å². The number of benzene rings is 2. The number of carbonyl (C=O) groups excluding carboxylic acids is 2. The van der Waals surface area contributed by atoms with Crippen LogP contribution < -0.4 is 11.1 Å². The smallest absolute Gasteiger partial charge is 0.251 e. The first-order valence-corrected chi connectivity index (χ1v) is 7.20. The largest absolute Gasteiger partial charge is 0.456 e. The van der Waals surface area contributed by atoms with Crippen LogP contribution in [0, 0.1) is 5.92 Å². The highest BCUT2D eigenvalue weighted by atomic mass is 16.3. The molecule has 1 aliphatic carbocycles. The fourth-order valence-electron chi connectivity index (χ4n) is 2.76. The summed E-state index contributed by atoms with van der Waals surface area (Å²) in [4.78, 5) is 24.0. The number of hydrogen-bond acceptors (Lipinski definition) is 3. The summed E-state index contributed by atoms with van der Waals surface area (Å²) in [6, 6.07) is 10.9. The van der Waals surface area contributed by atoms with Crippen molar-refractivity contribution in [3.05, 3.63) is 42.0 Å². The molecule has 2 aromatic carbocycles. The first-order chi connectivity index (χ1) is 10.6. The number of amides is 2. The van der Waals surface area contributed by atoms with E-state index in [-0.39, 0.29) is 11.8 Å². The lowest BCUT2D eigenvalue weighted by Crippen LogP contribution is -2.19. The van der Waals surface area contributed by atoms with Crippen molar-refractivity contribution in [3.8, 4) is 0 Å². The van der Waals surface area contributed by atoms with Gasteiger partial charge in [-0.1, -0.05) is 18.2 Å². The van der Waals surface area contributed by atoms with Crippen molar-refractivity contribution < 1.29 is 14.0 Å². The molecule has 0 bridgehead atoms. The Morgan fingerprint density at radius 2 is 1.86 bits per heavy atom. The monoisotopic (exact) mass is 294 g/mol. The van der Waals surface area contributed by atoms with Crippen molar-refractivity contribution in [3.63, 3.8) is 0 Å². The van der Waals surface area contributed by atoms with Gasteiger partial charge < -0.3 is 15.5 Å². The highest BCUT2D eigenvalue weighted by Crippen LogP contribution is 2.36. The molecule has 4 rings (SSSR count). The molecule has 0 spiro atoms. The van der Waals surface area contributed by atoms with Gasteiger partial charge in [0, 0.05) is 16.7 Å². The molecule has 2 amide bonds. The fourth-order valence-corrected chi connectivity index (χ4v) is 2.76. The van der Waals surface area contributed by atoms with E-state index in [0.29, 0.717) is 27.8 Å². The standard InChI is InChI=1S/C17H14N2O3/c18-16(20)15-11(19-17(21)9-5-6-9)7-8-13-14(15)10-3-1-2-4-12(10)22-13/h1-4,7-9H,5-6H2,(H2,18,20)(H,19,21). The van der Waals surface area contributed by atoms with Gasteiger partial charge in [0.15, 0.2) is 0 Å². The zero-order valence-corrected chi connectivity index (χ0v) is 11.8. The molecule has 22 heavy (non-hydrogen) atoms. The summed E-state index contributed by atoms with van der Waals surface area (Å²) in [7, 11) is 0. The van der Waals surface area contributed by atoms with Crippen LogP contribution in [-0.2, 0) is 4.79 Å². The normalized spacial score (nSPS) is 14.4. The van der Waals surface area contributed by atoms with Crippen molar-refractivity contribution in [1.82, 2.24) is 0 Å². The maximum atomic E-state index is 12.0. The van der Waals surface area contributed by atoms with Gasteiger partial charge in [0.05, 0.1) is 11.3 Å². The number of fused-ring (bicyclic) bond motifs is 3. The van der Waals surface area contributed by atoms with Crippen molar-refractivity contribution >= 4 is 39.4 Å². The van der Waals surface area contributed by atoms with Crippen LogP contribution in [-0.4, -0.2) is 11.8 Å². The summed E-state index contributed by atoms with van der Waals surface area (Å²) in [6.45, 7) is 0. The van der Waals surface area contributed by atoms with E-state index < -0.39 is 5.91 Å². The molecule has 0 atom stereocenters. The van der Waals surface area contributed by atoms with E-state index >= 15 is 0 Å². The van der Waals surface area contributed by atoms with Gasteiger partial charge in [-0.25, -0.2) is 0 Å². The van der Waals surface area contributed by atoms with E-state index in [4.69, 9.17) is 10.2 Å². The van der Waals surface area contributed by atoms with Crippen LogP contribution in [0.1, 0.15) is 23.2 Å². The maximum Gasteiger partial charge on any atom is 0.251 e. The molecule has 110 valence electrons. The number of rotatable bonds is 3. The Bertz CT molecular complexity index is 922. The van der Waals surface area contributed by atoms with E-state index in [0.717, 1.165) is 18.2 Å². The van der Waals surface area contributed by atoms with Gasteiger partial charge in [-0.2, -0.15) is 0 Å². The van der Waals surface area contributed by atoms with E-state index in [9.17, 15) is 9.59 Å². The molecule has 1 saturated carbocycles. The number of furan rings is 1. The van der Waals surface area contributed by atoms with Gasteiger partial charge in [0.1, 0.15) is 11.2 Å². The topological polar surface area (TPSA) is 85.3 Å². The minimum Gasteiger partial charge on any atom is -0.456 e.